The Labute approximate surface area is 231 Å². The molecule has 1 aromatic heterocycles. The van der Waals surface area contributed by atoms with Crippen molar-refractivity contribution in [1.29, 1.82) is 0 Å². The second kappa shape index (κ2) is 13.6. The van der Waals surface area contributed by atoms with Crippen LogP contribution in [-0.2, 0) is 11.3 Å². The molecule has 1 fully saturated rings. The number of hydrogen-bond acceptors (Lipinski definition) is 7. The van der Waals surface area contributed by atoms with Gasteiger partial charge in [-0.15, -0.1) is 6.58 Å². The largest absolute Gasteiger partial charge is 0.493 e. The van der Waals surface area contributed by atoms with E-state index in [2.05, 4.69) is 65.8 Å². The standard InChI is InChI=1S/C31H38N6O2/c1-5-8-14-39-28-11-9-10-25(17-28)29-12-13-32-31(35-29)34-27-16-23(20-36(4)7-3)15-26(18-27)33-19-24-21-37(22-24)30(38)6-2/h5-6,9-13,15-18,24,33H,1-2,7-8,14,19-22H2,3-4H3,(H,32,34,35). The molecule has 1 amide bonds. The lowest BCUT2D eigenvalue weighted by Crippen LogP contribution is -2.51. The number of amides is 1. The Balaban J connectivity index is 1.48. The molecule has 2 N–H and O–H groups in total. The highest BCUT2D eigenvalue weighted by atomic mass is 16.5. The highest BCUT2D eigenvalue weighted by Crippen LogP contribution is 2.26. The Morgan fingerprint density at radius 1 is 1.18 bits per heavy atom. The highest BCUT2D eigenvalue weighted by Gasteiger charge is 2.28. The average Bonchev–Trinajstić information content (AvgIpc) is 2.92. The molecule has 0 radical (unpaired) electrons. The fourth-order valence-corrected chi connectivity index (χ4v) is 4.37. The molecular weight excluding hydrogens is 488 g/mol. The van der Waals surface area contributed by atoms with Gasteiger partial charge in [0.15, 0.2) is 0 Å². The van der Waals surface area contributed by atoms with E-state index in [4.69, 9.17) is 9.72 Å². The first kappa shape index (κ1) is 27.9. The van der Waals surface area contributed by atoms with Crippen LogP contribution in [0.25, 0.3) is 11.3 Å². The Morgan fingerprint density at radius 2 is 2.00 bits per heavy atom. The van der Waals surface area contributed by atoms with Crippen LogP contribution in [0.5, 0.6) is 5.75 Å². The third kappa shape index (κ3) is 7.91. The van der Waals surface area contributed by atoms with Crippen LogP contribution in [0.3, 0.4) is 0 Å². The summed E-state index contributed by atoms with van der Waals surface area (Å²) in [5.41, 5.74) is 4.89. The minimum absolute atomic E-state index is 0.00323. The number of hydrogen-bond donors (Lipinski definition) is 2. The summed E-state index contributed by atoms with van der Waals surface area (Å²) in [7, 11) is 2.11. The molecule has 2 aromatic carbocycles. The predicted octanol–water partition coefficient (Wildman–Crippen LogP) is 5.35. The molecule has 1 saturated heterocycles. The first-order chi connectivity index (χ1) is 19.0. The summed E-state index contributed by atoms with van der Waals surface area (Å²) in [6, 6.07) is 16.2. The number of carbonyl (C=O) groups is 1. The summed E-state index contributed by atoms with van der Waals surface area (Å²) < 4.78 is 5.81. The fraction of sp³-hybridized carbons (Fsp3) is 0.323. The smallest absolute Gasteiger partial charge is 0.245 e. The summed E-state index contributed by atoms with van der Waals surface area (Å²) in [6.07, 6.45) is 5.78. The van der Waals surface area contributed by atoms with E-state index >= 15 is 0 Å². The number of nitrogens with zero attached hydrogens (tertiary/aromatic N) is 4. The van der Waals surface area contributed by atoms with Gasteiger partial charge in [-0.25, -0.2) is 9.97 Å². The molecule has 0 aliphatic carbocycles. The summed E-state index contributed by atoms with van der Waals surface area (Å²) in [5, 5.41) is 6.96. The molecule has 8 nitrogen and oxygen atoms in total. The van der Waals surface area contributed by atoms with Gasteiger partial charge in [0.2, 0.25) is 11.9 Å². The maximum atomic E-state index is 11.7. The second-order valence-electron chi connectivity index (χ2n) is 9.79. The molecule has 0 unspecified atom stereocenters. The quantitative estimate of drug-likeness (QED) is 0.166. The van der Waals surface area contributed by atoms with Crippen molar-refractivity contribution in [3.05, 3.63) is 85.6 Å². The molecule has 8 heteroatoms. The third-order valence-corrected chi connectivity index (χ3v) is 6.66. The van der Waals surface area contributed by atoms with Crippen LogP contribution < -0.4 is 15.4 Å². The normalized spacial score (nSPS) is 13.1. The van der Waals surface area contributed by atoms with Crippen molar-refractivity contribution < 1.29 is 9.53 Å². The number of aromatic nitrogens is 2. The van der Waals surface area contributed by atoms with Crippen molar-refractivity contribution in [2.45, 2.75) is 19.9 Å². The van der Waals surface area contributed by atoms with Crippen molar-refractivity contribution in [2.24, 2.45) is 5.92 Å². The number of ether oxygens (including phenoxy) is 1. The van der Waals surface area contributed by atoms with Crippen molar-refractivity contribution in [3.63, 3.8) is 0 Å². The second-order valence-corrected chi connectivity index (χ2v) is 9.79. The molecular formula is C31H38N6O2. The molecule has 4 rings (SSSR count). The van der Waals surface area contributed by atoms with E-state index in [1.165, 1.54) is 11.6 Å². The van der Waals surface area contributed by atoms with Gasteiger partial charge in [0.05, 0.1) is 12.3 Å². The lowest BCUT2D eigenvalue weighted by molar-refractivity contribution is -0.131. The molecule has 3 aromatic rings. The summed E-state index contributed by atoms with van der Waals surface area (Å²) in [4.78, 5) is 25.1. The van der Waals surface area contributed by atoms with E-state index < -0.39 is 0 Å². The van der Waals surface area contributed by atoms with Crippen molar-refractivity contribution in [3.8, 4) is 17.0 Å². The summed E-state index contributed by atoms with van der Waals surface area (Å²) in [5.74, 6) is 1.74. The Morgan fingerprint density at radius 3 is 2.77 bits per heavy atom. The minimum Gasteiger partial charge on any atom is -0.493 e. The predicted molar refractivity (Wildman–Crippen MR) is 158 cm³/mol. The molecule has 1 aliphatic rings. The molecule has 2 heterocycles. The van der Waals surface area contributed by atoms with E-state index in [-0.39, 0.29) is 5.91 Å². The van der Waals surface area contributed by atoms with Crippen molar-refractivity contribution >= 4 is 23.2 Å². The van der Waals surface area contributed by atoms with Gasteiger partial charge in [-0.2, -0.15) is 0 Å². The number of carbonyl (C=O) groups excluding carboxylic acids is 1. The van der Waals surface area contributed by atoms with Crippen LogP contribution in [0.4, 0.5) is 17.3 Å². The topological polar surface area (TPSA) is 82.6 Å². The summed E-state index contributed by atoms with van der Waals surface area (Å²) in [6.45, 7) is 14.1. The van der Waals surface area contributed by atoms with Crippen LogP contribution in [0.15, 0.2) is 80.0 Å². The lowest BCUT2D eigenvalue weighted by atomic mass is 10.00. The van der Waals surface area contributed by atoms with Gasteiger partial charge in [-0.05, 0) is 68.1 Å². The maximum Gasteiger partial charge on any atom is 0.245 e. The van der Waals surface area contributed by atoms with Crippen LogP contribution >= 0.6 is 0 Å². The lowest BCUT2D eigenvalue weighted by Gasteiger charge is -2.38. The number of benzene rings is 2. The summed E-state index contributed by atoms with van der Waals surface area (Å²) >= 11 is 0. The van der Waals surface area contributed by atoms with Crippen molar-refractivity contribution in [2.75, 3.05) is 50.5 Å². The molecule has 0 saturated carbocycles. The van der Waals surface area contributed by atoms with Gasteiger partial charge in [0.1, 0.15) is 5.75 Å². The SMILES string of the molecule is C=CCCOc1cccc(-c2ccnc(Nc3cc(CN(C)CC)cc(NCC4CN(C(=O)C=C)C4)c3)n2)c1. The fourth-order valence-electron chi connectivity index (χ4n) is 4.37. The Hall–Kier alpha value is -4.17. The van der Waals surface area contributed by atoms with Crippen LogP contribution in [-0.4, -0.2) is 65.5 Å². The molecule has 39 heavy (non-hydrogen) atoms. The minimum atomic E-state index is -0.00323. The van der Waals surface area contributed by atoms with E-state index in [0.717, 1.165) is 67.5 Å². The van der Waals surface area contributed by atoms with Gasteiger partial charge in [0, 0.05) is 55.2 Å². The molecule has 0 bridgehead atoms. The van der Waals surface area contributed by atoms with E-state index in [1.807, 2.05) is 41.3 Å². The Bertz CT molecular complexity index is 1290. The van der Waals surface area contributed by atoms with E-state index in [9.17, 15) is 4.79 Å². The number of anilines is 3. The van der Waals surface area contributed by atoms with E-state index in [1.54, 1.807) is 6.20 Å². The van der Waals surface area contributed by atoms with Gasteiger partial charge in [0.25, 0.3) is 0 Å². The average molecular weight is 527 g/mol. The highest BCUT2D eigenvalue weighted by molar-refractivity contribution is 5.87. The molecule has 0 spiro atoms. The number of likely N-dealkylation sites (tertiary alicyclic amines) is 1. The van der Waals surface area contributed by atoms with Crippen LogP contribution in [0.1, 0.15) is 18.9 Å². The van der Waals surface area contributed by atoms with Crippen molar-refractivity contribution in [1.82, 2.24) is 19.8 Å². The monoisotopic (exact) mass is 526 g/mol. The molecule has 204 valence electrons. The third-order valence-electron chi connectivity index (χ3n) is 6.66. The van der Waals surface area contributed by atoms with E-state index in [0.29, 0.717) is 18.5 Å². The number of nitrogens with one attached hydrogen (secondary N) is 2. The maximum absolute atomic E-state index is 11.7. The number of rotatable bonds is 14. The van der Waals surface area contributed by atoms with Gasteiger partial charge < -0.3 is 25.2 Å². The van der Waals surface area contributed by atoms with Gasteiger partial charge in [-0.1, -0.05) is 31.7 Å². The first-order valence-corrected chi connectivity index (χ1v) is 13.4. The zero-order valence-electron chi connectivity index (χ0n) is 22.9. The van der Waals surface area contributed by atoms with Gasteiger partial charge in [-0.3, -0.25) is 4.79 Å². The van der Waals surface area contributed by atoms with Gasteiger partial charge >= 0.3 is 0 Å². The molecule has 0 atom stereocenters. The zero-order valence-corrected chi connectivity index (χ0v) is 22.9. The van der Waals surface area contributed by atoms with Crippen LogP contribution in [0.2, 0.25) is 0 Å². The van der Waals surface area contributed by atoms with Crippen LogP contribution in [0, 0.1) is 5.92 Å². The first-order valence-electron chi connectivity index (χ1n) is 13.4. The molecule has 1 aliphatic heterocycles. The zero-order chi connectivity index (χ0) is 27.6. The Kier molecular flexibility index (Phi) is 9.69.